The fourth-order valence-corrected chi connectivity index (χ4v) is 4.29. The summed E-state index contributed by atoms with van der Waals surface area (Å²) in [6.45, 7) is 5.12. The highest BCUT2D eigenvalue weighted by molar-refractivity contribution is 5.83. The number of carboxylic acid groups (broad SMARTS) is 1. The maximum absolute atomic E-state index is 11.2. The van der Waals surface area contributed by atoms with E-state index in [0.717, 1.165) is 47.3 Å². The Morgan fingerprint density at radius 2 is 2.10 bits per heavy atom. The van der Waals surface area contributed by atoms with E-state index in [1.54, 1.807) is 6.07 Å². The predicted molar refractivity (Wildman–Crippen MR) is 117 cm³/mol. The summed E-state index contributed by atoms with van der Waals surface area (Å²) in [6, 6.07) is 15.8. The molecular formula is C25H26N2O4. The quantitative estimate of drug-likeness (QED) is 0.568. The lowest BCUT2D eigenvalue weighted by molar-refractivity contribution is -0.137. The molecule has 6 heteroatoms. The van der Waals surface area contributed by atoms with Crippen LogP contribution in [0.15, 0.2) is 42.5 Å². The largest absolute Gasteiger partial charge is 0.490 e. The number of nitriles is 1. The van der Waals surface area contributed by atoms with Crippen LogP contribution in [0.4, 0.5) is 0 Å². The van der Waals surface area contributed by atoms with E-state index >= 15 is 0 Å². The summed E-state index contributed by atoms with van der Waals surface area (Å²) in [5, 5.41) is 19.7. The summed E-state index contributed by atoms with van der Waals surface area (Å²) < 4.78 is 13.9. The van der Waals surface area contributed by atoms with Crippen LogP contribution in [-0.2, 0) is 17.9 Å². The van der Waals surface area contributed by atoms with Crippen molar-refractivity contribution in [1.29, 1.82) is 5.26 Å². The van der Waals surface area contributed by atoms with Gasteiger partial charge in [-0.15, -0.1) is 0 Å². The molecule has 6 nitrogen and oxygen atoms in total. The molecule has 1 aromatic heterocycles. The van der Waals surface area contributed by atoms with Gasteiger partial charge in [-0.25, -0.2) is 0 Å². The number of ether oxygens (including phenoxy) is 2. The number of hydrogen-bond donors (Lipinski definition) is 1. The number of aromatic nitrogens is 1. The summed E-state index contributed by atoms with van der Waals surface area (Å²) in [6.07, 6.45) is 2.07. The van der Waals surface area contributed by atoms with Crippen molar-refractivity contribution < 1.29 is 19.4 Å². The van der Waals surface area contributed by atoms with Crippen molar-refractivity contribution in [2.75, 3.05) is 0 Å². The topological polar surface area (TPSA) is 84.5 Å². The molecule has 2 heterocycles. The Hall–Kier alpha value is -3.46. The molecule has 0 spiro atoms. The third-order valence-electron chi connectivity index (χ3n) is 5.61. The van der Waals surface area contributed by atoms with Gasteiger partial charge < -0.3 is 19.1 Å². The van der Waals surface area contributed by atoms with E-state index in [1.165, 1.54) is 0 Å². The second-order valence-electron chi connectivity index (χ2n) is 8.28. The molecule has 0 fully saturated rings. The Bertz CT molecular complexity index is 1160. The highest BCUT2D eigenvalue weighted by Gasteiger charge is 2.24. The van der Waals surface area contributed by atoms with Crippen LogP contribution in [0.1, 0.15) is 55.8 Å². The zero-order chi connectivity index (χ0) is 22.0. The summed E-state index contributed by atoms with van der Waals surface area (Å²) in [5.74, 6) is 0.623. The van der Waals surface area contributed by atoms with Gasteiger partial charge in [0.05, 0.1) is 18.1 Å². The van der Waals surface area contributed by atoms with Crippen LogP contribution < -0.4 is 9.47 Å². The smallest absolute Gasteiger partial charge is 0.304 e. The number of nitrogens with zero attached hydrogens (tertiary/aromatic N) is 2. The van der Waals surface area contributed by atoms with Gasteiger partial charge in [0.1, 0.15) is 24.2 Å². The molecule has 0 saturated heterocycles. The average molecular weight is 418 g/mol. The van der Waals surface area contributed by atoms with E-state index in [2.05, 4.69) is 16.7 Å². The fourth-order valence-electron chi connectivity index (χ4n) is 4.29. The summed E-state index contributed by atoms with van der Waals surface area (Å²) in [5.41, 5.74) is 3.60. The lowest BCUT2D eigenvalue weighted by Gasteiger charge is -2.24. The van der Waals surface area contributed by atoms with Crippen LogP contribution in [0.2, 0.25) is 0 Å². The van der Waals surface area contributed by atoms with Crippen molar-refractivity contribution in [3.8, 4) is 17.6 Å². The van der Waals surface area contributed by atoms with Gasteiger partial charge in [0.25, 0.3) is 0 Å². The number of hydrogen-bond acceptors (Lipinski definition) is 4. The molecule has 0 saturated carbocycles. The first-order valence-corrected chi connectivity index (χ1v) is 10.6. The highest BCUT2D eigenvalue weighted by Crippen LogP contribution is 2.36. The first kappa shape index (κ1) is 20.8. The molecule has 0 unspecified atom stereocenters. The molecule has 1 aliphatic heterocycles. The lowest BCUT2D eigenvalue weighted by atomic mass is 9.93. The molecule has 0 bridgehead atoms. The van der Waals surface area contributed by atoms with Crippen LogP contribution >= 0.6 is 0 Å². The lowest BCUT2D eigenvalue weighted by Crippen LogP contribution is -2.17. The number of carboxylic acids is 1. The monoisotopic (exact) mass is 418 g/mol. The van der Waals surface area contributed by atoms with Crippen LogP contribution in [0, 0.1) is 11.3 Å². The fraction of sp³-hybridized carbons (Fsp3) is 0.360. The molecule has 0 amide bonds. The van der Waals surface area contributed by atoms with Gasteiger partial charge in [0.2, 0.25) is 0 Å². The van der Waals surface area contributed by atoms with Gasteiger partial charge in [0, 0.05) is 29.1 Å². The molecule has 31 heavy (non-hydrogen) atoms. The maximum atomic E-state index is 11.2. The van der Waals surface area contributed by atoms with Crippen molar-refractivity contribution in [1.82, 2.24) is 4.57 Å². The molecule has 1 aliphatic rings. The van der Waals surface area contributed by atoms with Crippen molar-refractivity contribution in [3.63, 3.8) is 0 Å². The molecule has 1 N–H and O–H groups in total. The van der Waals surface area contributed by atoms with Crippen molar-refractivity contribution in [2.45, 2.75) is 58.3 Å². The standard InChI is InChI=1S/C25H26N2O4/c1-16(2)31-24-8-5-17(10-20(24)14-26)15-30-21-6-7-22-19(11-21)12-23-18(13-25(28)29)4-3-9-27(22)23/h5-8,10-12,16,18H,3-4,9,13,15H2,1-2H3,(H,28,29)/t18-/m1/s1. The Morgan fingerprint density at radius 3 is 2.84 bits per heavy atom. The first-order chi connectivity index (χ1) is 14.9. The van der Waals surface area contributed by atoms with E-state index in [4.69, 9.17) is 9.47 Å². The predicted octanol–water partition coefficient (Wildman–Crippen LogP) is 5.23. The molecular weight excluding hydrogens is 392 g/mol. The van der Waals surface area contributed by atoms with Crippen LogP contribution in [0.5, 0.6) is 11.5 Å². The Balaban J connectivity index is 1.52. The van der Waals surface area contributed by atoms with Gasteiger partial charge in [-0.05, 0) is 68.7 Å². The third-order valence-corrected chi connectivity index (χ3v) is 5.61. The maximum Gasteiger partial charge on any atom is 0.304 e. The number of fused-ring (bicyclic) bond motifs is 3. The van der Waals surface area contributed by atoms with Gasteiger partial charge in [-0.1, -0.05) is 6.07 Å². The van der Waals surface area contributed by atoms with Crippen LogP contribution in [0.3, 0.4) is 0 Å². The van der Waals surface area contributed by atoms with E-state index in [-0.39, 0.29) is 18.4 Å². The summed E-state index contributed by atoms with van der Waals surface area (Å²) in [7, 11) is 0. The normalized spacial score (nSPS) is 15.5. The van der Waals surface area contributed by atoms with E-state index in [9.17, 15) is 15.2 Å². The third kappa shape index (κ3) is 4.51. The van der Waals surface area contributed by atoms with Crippen LogP contribution in [-0.4, -0.2) is 21.7 Å². The zero-order valence-corrected chi connectivity index (χ0v) is 17.8. The molecule has 2 aromatic carbocycles. The molecule has 1 atom stereocenters. The van der Waals surface area contributed by atoms with E-state index in [0.29, 0.717) is 17.9 Å². The Labute approximate surface area is 181 Å². The van der Waals surface area contributed by atoms with E-state index in [1.807, 2.05) is 44.2 Å². The summed E-state index contributed by atoms with van der Waals surface area (Å²) >= 11 is 0. The molecule has 4 rings (SSSR count). The van der Waals surface area contributed by atoms with Gasteiger partial charge >= 0.3 is 5.97 Å². The summed E-state index contributed by atoms with van der Waals surface area (Å²) in [4.78, 5) is 11.2. The SMILES string of the molecule is CC(C)Oc1ccc(COc2ccc3c(c2)cc2n3CCC[C@@H]2CC(=O)O)cc1C#N. The number of carbonyl (C=O) groups is 1. The number of aryl methyl sites for hydroxylation is 1. The Kier molecular flexibility index (Phi) is 5.85. The van der Waals surface area contributed by atoms with Gasteiger partial charge in [0.15, 0.2) is 0 Å². The second kappa shape index (κ2) is 8.73. The van der Waals surface area contributed by atoms with Crippen LogP contribution in [0.25, 0.3) is 10.9 Å². The number of rotatable bonds is 7. The minimum absolute atomic E-state index is 0.00395. The first-order valence-electron chi connectivity index (χ1n) is 10.6. The highest BCUT2D eigenvalue weighted by atomic mass is 16.5. The molecule has 0 radical (unpaired) electrons. The second-order valence-corrected chi connectivity index (χ2v) is 8.28. The van der Waals surface area contributed by atoms with Crippen molar-refractivity contribution in [3.05, 3.63) is 59.3 Å². The van der Waals surface area contributed by atoms with Crippen molar-refractivity contribution >= 4 is 16.9 Å². The minimum Gasteiger partial charge on any atom is -0.490 e. The number of benzene rings is 2. The average Bonchev–Trinajstić information content (AvgIpc) is 3.11. The molecule has 160 valence electrons. The molecule has 3 aromatic rings. The van der Waals surface area contributed by atoms with Gasteiger partial charge in [-0.2, -0.15) is 5.26 Å². The van der Waals surface area contributed by atoms with Crippen molar-refractivity contribution in [2.24, 2.45) is 0 Å². The minimum atomic E-state index is -0.755. The zero-order valence-electron chi connectivity index (χ0n) is 17.8. The number of aliphatic carboxylic acids is 1. The Morgan fingerprint density at radius 1 is 1.26 bits per heavy atom. The van der Waals surface area contributed by atoms with E-state index < -0.39 is 5.97 Å². The van der Waals surface area contributed by atoms with Gasteiger partial charge in [-0.3, -0.25) is 4.79 Å². The molecule has 0 aliphatic carbocycles.